The molecule has 2 N–H and O–H groups in total. The van der Waals surface area contributed by atoms with Gasteiger partial charge in [-0.15, -0.1) is 0 Å². The summed E-state index contributed by atoms with van der Waals surface area (Å²) in [4.78, 5) is 1.85. The number of anilines is 1. The van der Waals surface area contributed by atoms with E-state index >= 15 is 0 Å². The number of nitrogens with two attached hydrogens (primary N) is 1. The fourth-order valence-electron chi connectivity index (χ4n) is 1.53. The van der Waals surface area contributed by atoms with Crippen LogP contribution in [0.4, 0.5) is 10.1 Å². The Morgan fingerprint density at radius 1 is 1.17 bits per heavy atom. The van der Waals surface area contributed by atoms with Crippen LogP contribution in [0.1, 0.15) is 5.56 Å². The van der Waals surface area contributed by atoms with Crippen molar-refractivity contribution in [1.29, 1.82) is 0 Å². The molecule has 0 saturated heterocycles. The Kier molecular flexibility index (Phi) is 3.77. The van der Waals surface area contributed by atoms with E-state index in [2.05, 4.69) is 0 Å². The maximum absolute atomic E-state index is 13.4. The average molecular weight is 263 g/mol. The molecule has 2 nitrogen and oxygen atoms in total. The molecule has 0 heterocycles. The maximum atomic E-state index is 13.4. The van der Waals surface area contributed by atoms with Crippen molar-refractivity contribution in [2.45, 2.75) is 16.7 Å². The van der Waals surface area contributed by atoms with Crippen molar-refractivity contribution in [2.75, 3.05) is 12.8 Å². The number of rotatable bonds is 3. The third-order valence-corrected chi connectivity index (χ3v) is 3.61. The molecule has 0 atom stereocenters. The lowest BCUT2D eigenvalue weighted by atomic mass is 10.2. The Morgan fingerprint density at radius 2 is 1.83 bits per heavy atom. The van der Waals surface area contributed by atoms with Gasteiger partial charge in [0.05, 0.1) is 7.11 Å². The van der Waals surface area contributed by atoms with E-state index in [1.807, 2.05) is 31.2 Å². The Hall–Kier alpha value is -1.68. The van der Waals surface area contributed by atoms with Crippen molar-refractivity contribution in [3.8, 4) is 5.75 Å². The summed E-state index contributed by atoms with van der Waals surface area (Å²) < 4.78 is 18.4. The van der Waals surface area contributed by atoms with Crippen molar-refractivity contribution < 1.29 is 9.13 Å². The molecule has 0 unspecified atom stereocenters. The predicted molar refractivity (Wildman–Crippen MR) is 72.7 cm³/mol. The summed E-state index contributed by atoms with van der Waals surface area (Å²) in [5.41, 5.74) is 7.42. The molecule has 2 rings (SSSR count). The van der Waals surface area contributed by atoms with Crippen LogP contribution in [0.3, 0.4) is 0 Å². The maximum Gasteiger partial charge on any atom is 0.167 e. The summed E-state index contributed by atoms with van der Waals surface area (Å²) >= 11 is 1.49. The molecular formula is C14H14FNOS. The van der Waals surface area contributed by atoms with Crippen LogP contribution < -0.4 is 10.5 Å². The molecule has 0 aromatic heterocycles. The zero-order chi connectivity index (χ0) is 13.1. The summed E-state index contributed by atoms with van der Waals surface area (Å²) in [5.74, 6) is -0.234. The van der Waals surface area contributed by atoms with Crippen molar-refractivity contribution in [1.82, 2.24) is 0 Å². The van der Waals surface area contributed by atoms with Crippen LogP contribution in [0.2, 0.25) is 0 Å². The van der Waals surface area contributed by atoms with E-state index in [1.165, 1.54) is 30.5 Å². The van der Waals surface area contributed by atoms with Crippen LogP contribution in [0, 0.1) is 12.7 Å². The van der Waals surface area contributed by atoms with Crippen molar-refractivity contribution in [3.05, 3.63) is 47.8 Å². The smallest absolute Gasteiger partial charge is 0.167 e. The molecule has 0 fully saturated rings. The van der Waals surface area contributed by atoms with E-state index < -0.39 is 5.82 Å². The van der Waals surface area contributed by atoms with Gasteiger partial charge in [0.1, 0.15) is 0 Å². The van der Waals surface area contributed by atoms with Gasteiger partial charge in [-0.05, 0) is 25.1 Å². The number of methoxy groups -OCH3 is 1. The highest BCUT2D eigenvalue weighted by Crippen LogP contribution is 2.36. The summed E-state index contributed by atoms with van der Waals surface area (Å²) in [6, 6.07) is 11.0. The lowest BCUT2D eigenvalue weighted by Gasteiger charge is -2.09. The highest BCUT2D eigenvalue weighted by molar-refractivity contribution is 7.99. The van der Waals surface area contributed by atoms with E-state index in [4.69, 9.17) is 10.5 Å². The van der Waals surface area contributed by atoms with Gasteiger partial charge >= 0.3 is 0 Å². The first-order valence-electron chi connectivity index (χ1n) is 5.47. The van der Waals surface area contributed by atoms with E-state index in [-0.39, 0.29) is 5.75 Å². The Labute approximate surface area is 110 Å². The summed E-state index contributed by atoms with van der Waals surface area (Å²) in [6.45, 7) is 2.03. The van der Waals surface area contributed by atoms with Gasteiger partial charge < -0.3 is 10.5 Å². The molecule has 0 aliphatic heterocycles. The highest BCUT2D eigenvalue weighted by Gasteiger charge is 2.09. The second-order valence-corrected chi connectivity index (χ2v) is 5.06. The number of ether oxygens (including phenoxy) is 1. The molecule has 0 saturated carbocycles. The third-order valence-electron chi connectivity index (χ3n) is 2.53. The highest BCUT2D eigenvalue weighted by atomic mass is 32.2. The zero-order valence-electron chi connectivity index (χ0n) is 10.2. The zero-order valence-corrected chi connectivity index (χ0v) is 11.1. The summed E-state index contributed by atoms with van der Waals surface area (Å²) in [7, 11) is 1.44. The fraction of sp³-hybridized carbons (Fsp3) is 0.143. The van der Waals surface area contributed by atoms with Gasteiger partial charge in [0.15, 0.2) is 11.6 Å². The van der Waals surface area contributed by atoms with Gasteiger partial charge in [-0.25, -0.2) is 4.39 Å². The lowest BCUT2D eigenvalue weighted by molar-refractivity contribution is 0.385. The van der Waals surface area contributed by atoms with Gasteiger partial charge in [-0.1, -0.05) is 29.5 Å². The van der Waals surface area contributed by atoms with Crippen LogP contribution in [-0.2, 0) is 0 Å². The standard InChI is InChI=1S/C14H14FNOS/c1-9-3-5-10(6-4-9)18-14-8-13(17-2)11(15)7-12(14)16/h3-8H,16H2,1-2H3. The van der Waals surface area contributed by atoms with Crippen LogP contribution in [-0.4, -0.2) is 7.11 Å². The first-order valence-corrected chi connectivity index (χ1v) is 6.29. The summed E-state index contributed by atoms with van der Waals surface area (Å²) in [6.07, 6.45) is 0. The van der Waals surface area contributed by atoms with Gasteiger partial charge in [-0.2, -0.15) is 0 Å². The van der Waals surface area contributed by atoms with Crippen LogP contribution in [0.25, 0.3) is 0 Å². The number of hydrogen-bond acceptors (Lipinski definition) is 3. The third kappa shape index (κ3) is 2.76. The van der Waals surface area contributed by atoms with Crippen LogP contribution >= 0.6 is 11.8 Å². The number of aryl methyl sites for hydroxylation is 1. The number of nitrogen functional groups attached to an aromatic ring is 1. The van der Waals surface area contributed by atoms with Gasteiger partial charge in [0.25, 0.3) is 0 Å². The first-order chi connectivity index (χ1) is 8.60. The predicted octanol–water partition coefficient (Wildman–Crippen LogP) is 3.88. The molecule has 18 heavy (non-hydrogen) atoms. The monoisotopic (exact) mass is 263 g/mol. The van der Waals surface area contributed by atoms with E-state index in [0.717, 1.165) is 9.79 Å². The number of benzene rings is 2. The van der Waals surface area contributed by atoms with E-state index in [1.54, 1.807) is 6.07 Å². The Balaban J connectivity index is 2.31. The second-order valence-electron chi connectivity index (χ2n) is 3.94. The second kappa shape index (κ2) is 5.31. The molecule has 0 radical (unpaired) electrons. The number of hydrogen-bond donors (Lipinski definition) is 1. The largest absolute Gasteiger partial charge is 0.494 e. The Bertz CT molecular complexity index is 554. The number of halogens is 1. The minimum Gasteiger partial charge on any atom is -0.494 e. The van der Waals surface area contributed by atoms with E-state index in [0.29, 0.717) is 5.69 Å². The SMILES string of the molecule is COc1cc(Sc2ccc(C)cc2)c(N)cc1F. The lowest BCUT2D eigenvalue weighted by Crippen LogP contribution is -1.94. The summed E-state index contributed by atoms with van der Waals surface area (Å²) in [5, 5.41) is 0. The average Bonchev–Trinajstić information content (AvgIpc) is 2.35. The molecule has 2 aromatic rings. The van der Waals surface area contributed by atoms with E-state index in [9.17, 15) is 4.39 Å². The van der Waals surface area contributed by atoms with Crippen molar-refractivity contribution >= 4 is 17.4 Å². The molecule has 94 valence electrons. The molecular weight excluding hydrogens is 249 g/mol. The van der Waals surface area contributed by atoms with Crippen molar-refractivity contribution in [3.63, 3.8) is 0 Å². The molecule has 0 aliphatic rings. The fourth-order valence-corrected chi connectivity index (χ4v) is 2.40. The van der Waals surface area contributed by atoms with Gasteiger partial charge in [-0.3, -0.25) is 0 Å². The van der Waals surface area contributed by atoms with Gasteiger partial charge in [0, 0.05) is 21.5 Å². The quantitative estimate of drug-likeness (QED) is 0.854. The topological polar surface area (TPSA) is 35.2 Å². The molecule has 0 bridgehead atoms. The Morgan fingerprint density at radius 3 is 2.44 bits per heavy atom. The molecule has 4 heteroatoms. The minimum atomic E-state index is -0.441. The minimum absolute atomic E-state index is 0.207. The van der Waals surface area contributed by atoms with Crippen LogP contribution in [0.5, 0.6) is 5.75 Å². The molecule has 0 aliphatic carbocycles. The first kappa shape index (κ1) is 12.8. The molecule has 0 spiro atoms. The van der Waals surface area contributed by atoms with Crippen LogP contribution in [0.15, 0.2) is 46.2 Å². The van der Waals surface area contributed by atoms with Gasteiger partial charge in [0.2, 0.25) is 0 Å². The van der Waals surface area contributed by atoms with Crippen molar-refractivity contribution in [2.24, 2.45) is 0 Å². The molecule has 2 aromatic carbocycles. The molecule has 0 amide bonds. The normalized spacial score (nSPS) is 10.4.